The molecule has 0 bridgehead atoms. The van der Waals surface area contributed by atoms with Crippen molar-refractivity contribution in [2.24, 2.45) is 0 Å². The molecule has 0 N–H and O–H groups in total. The van der Waals surface area contributed by atoms with Crippen molar-refractivity contribution in [3.63, 3.8) is 0 Å². The molecule has 0 saturated heterocycles. The maximum absolute atomic E-state index is 11.4. The fourth-order valence-electron chi connectivity index (χ4n) is 1.50. The van der Waals surface area contributed by atoms with Gasteiger partial charge in [0.1, 0.15) is 5.82 Å². The summed E-state index contributed by atoms with van der Waals surface area (Å²) in [5.41, 5.74) is 0.0373. The van der Waals surface area contributed by atoms with Crippen LogP contribution in [0.5, 0.6) is 0 Å². The van der Waals surface area contributed by atoms with Crippen LogP contribution in [0.25, 0.3) is 0 Å². The van der Waals surface area contributed by atoms with Gasteiger partial charge in [-0.1, -0.05) is 6.07 Å². The third-order valence-corrected chi connectivity index (χ3v) is 2.40. The summed E-state index contributed by atoms with van der Waals surface area (Å²) in [6, 6.07) is 5.18. The van der Waals surface area contributed by atoms with E-state index >= 15 is 0 Å². The maximum atomic E-state index is 11.4. The van der Waals surface area contributed by atoms with Crippen LogP contribution in [0, 0.1) is 6.92 Å². The van der Waals surface area contributed by atoms with Crippen molar-refractivity contribution in [1.29, 1.82) is 0 Å². The Kier molecular flexibility index (Phi) is 2.67. The molecule has 0 unspecified atom stereocenters. The Morgan fingerprint density at radius 2 is 2.00 bits per heavy atom. The lowest BCUT2D eigenvalue weighted by molar-refractivity contribution is 0.555. The minimum absolute atomic E-state index is 0.0373. The molecule has 0 radical (unpaired) electrons. The Hall–Kier alpha value is -1.84. The summed E-state index contributed by atoms with van der Waals surface area (Å²) >= 11 is 0. The molecule has 4 nitrogen and oxygen atoms in total. The Morgan fingerprint density at radius 3 is 2.67 bits per heavy atom. The highest BCUT2D eigenvalue weighted by Gasteiger charge is 1.97. The molecule has 2 aromatic heterocycles. The first-order chi connectivity index (χ1) is 7.27. The normalized spacial score (nSPS) is 10.5. The SMILES string of the molecule is Cc1nccn1CCn1ccccc1=O. The minimum atomic E-state index is 0.0373. The van der Waals surface area contributed by atoms with Crippen molar-refractivity contribution in [3.8, 4) is 0 Å². The monoisotopic (exact) mass is 203 g/mol. The molecule has 78 valence electrons. The summed E-state index contributed by atoms with van der Waals surface area (Å²) < 4.78 is 3.72. The number of pyridine rings is 1. The lowest BCUT2D eigenvalue weighted by Gasteiger charge is -2.06. The van der Waals surface area contributed by atoms with Crippen LogP contribution < -0.4 is 5.56 Å². The zero-order valence-corrected chi connectivity index (χ0v) is 8.63. The zero-order chi connectivity index (χ0) is 10.7. The molecule has 15 heavy (non-hydrogen) atoms. The standard InChI is InChI=1S/C11H13N3O/c1-10-12-5-7-13(10)8-9-14-6-3-2-4-11(14)15/h2-7H,8-9H2,1H3. The summed E-state index contributed by atoms with van der Waals surface area (Å²) in [6.07, 6.45) is 5.49. The van der Waals surface area contributed by atoms with Crippen LogP contribution in [0.1, 0.15) is 5.82 Å². The van der Waals surface area contributed by atoms with Crippen molar-refractivity contribution in [2.45, 2.75) is 20.0 Å². The fourth-order valence-corrected chi connectivity index (χ4v) is 1.50. The Morgan fingerprint density at radius 1 is 1.20 bits per heavy atom. The number of imidazole rings is 1. The number of hydrogen-bond acceptors (Lipinski definition) is 2. The third-order valence-electron chi connectivity index (χ3n) is 2.40. The summed E-state index contributed by atoms with van der Waals surface area (Å²) in [4.78, 5) is 15.5. The van der Waals surface area contributed by atoms with Gasteiger partial charge >= 0.3 is 0 Å². The van der Waals surface area contributed by atoms with Gasteiger partial charge in [-0.15, -0.1) is 0 Å². The highest BCUT2D eigenvalue weighted by Crippen LogP contribution is 1.95. The molecule has 0 aliphatic rings. The molecular formula is C11H13N3O. The van der Waals surface area contributed by atoms with Crippen LogP contribution in [-0.4, -0.2) is 14.1 Å². The molecule has 0 fully saturated rings. The number of nitrogens with zero attached hydrogens (tertiary/aromatic N) is 3. The first-order valence-electron chi connectivity index (χ1n) is 4.90. The summed E-state index contributed by atoms with van der Waals surface area (Å²) in [5.74, 6) is 0.971. The lowest BCUT2D eigenvalue weighted by atomic mass is 10.4. The van der Waals surface area contributed by atoms with Crippen LogP contribution in [-0.2, 0) is 13.1 Å². The van der Waals surface area contributed by atoms with E-state index < -0.39 is 0 Å². The molecular weight excluding hydrogens is 190 g/mol. The average molecular weight is 203 g/mol. The van der Waals surface area contributed by atoms with Crippen molar-refractivity contribution in [3.05, 3.63) is 53.0 Å². The molecule has 0 atom stereocenters. The zero-order valence-electron chi connectivity index (χ0n) is 8.63. The van der Waals surface area contributed by atoms with E-state index in [1.165, 1.54) is 0 Å². The maximum Gasteiger partial charge on any atom is 0.250 e. The van der Waals surface area contributed by atoms with Gasteiger partial charge in [-0.2, -0.15) is 0 Å². The predicted molar refractivity (Wildman–Crippen MR) is 57.7 cm³/mol. The van der Waals surface area contributed by atoms with Crippen LogP contribution in [0.3, 0.4) is 0 Å². The fraction of sp³-hybridized carbons (Fsp3) is 0.273. The summed E-state index contributed by atoms with van der Waals surface area (Å²) in [5, 5.41) is 0. The van der Waals surface area contributed by atoms with E-state index in [9.17, 15) is 4.79 Å². The second-order valence-corrected chi connectivity index (χ2v) is 3.40. The molecule has 0 aliphatic heterocycles. The van der Waals surface area contributed by atoms with Gasteiger partial charge in [0.05, 0.1) is 0 Å². The molecule has 2 heterocycles. The molecule has 2 aromatic rings. The van der Waals surface area contributed by atoms with Crippen molar-refractivity contribution >= 4 is 0 Å². The van der Waals surface area contributed by atoms with Crippen LogP contribution in [0.2, 0.25) is 0 Å². The van der Waals surface area contributed by atoms with E-state index in [2.05, 4.69) is 4.98 Å². The van der Waals surface area contributed by atoms with Gasteiger partial charge < -0.3 is 9.13 Å². The number of aromatic nitrogens is 3. The van der Waals surface area contributed by atoms with E-state index in [0.29, 0.717) is 6.54 Å². The van der Waals surface area contributed by atoms with E-state index in [-0.39, 0.29) is 5.56 Å². The first-order valence-corrected chi connectivity index (χ1v) is 4.90. The smallest absolute Gasteiger partial charge is 0.250 e. The second-order valence-electron chi connectivity index (χ2n) is 3.40. The molecule has 4 heteroatoms. The van der Waals surface area contributed by atoms with Crippen LogP contribution in [0.15, 0.2) is 41.6 Å². The third kappa shape index (κ3) is 2.15. The quantitative estimate of drug-likeness (QED) is 0.748. The highest BCUT2D eigenvalue weighted by molar-refractivity contribution is 4.93. The number of aryl methyl sites for hydroxylation is 3. The Bertz CT molecular complexity index is 498. The Balaban J connectivity index is 2.09. The van der Waals surface area contributed by atoms with Gasteiger partial charge in [0.25, 0.3) is 5.56 Å². The lowest BCUT2D eigenvalue weighted by Crippen LogP contribution is -2.20. The summed E-state index contributed by atoms with van der Waals surface area (Å²) in [6.45, 7) is 3.40. The second kappa shape index (κ2) is 4.13. The van der Waals surface area contributed by atoms with E-state index in [1.807, 2.05) is 23.8 Å². The molecule has 0 spiro atoms. The van der Waals surface area contributed by atoms with Crippen molar-refractivity contribution in [1.82, 2.24) is 14.1 Å². The van der Waals surface area contributed by atoms with Crippen molar-refractivity contribution < 1.29 is 0 Å². The number of rotatable bonds is 3. The topological polar surface area (TPSA) is 39.8 Å². The molecule has 0 aromatic carbocycles. The van der Waals surface area contributed by atoms with Crippen molar-refractivity contribution in [2.75, 3.05) is 0 Å². The molecule has 2 rings (SSSR count). The van der Waals surface area contributed by atoms with E-state index in [0.717, 1.165) is 12.4 Å². The molecule has 0 amide bonds. The molecule has 0 saturated carbocycles. The average Bonchev–Trinajstić information content (AvgIpc) is 2.63. The van der Waals surface area contributed by atoms with Gasteiger partial charge in [0.2, 0.25) is 0 Å². The van der Waals surface area contributed by atoms with E-state index in [1.54, 1.807) is 29.1 Å². The predicted octanol–water partition coefficient (Wildman–Crippen LogP) is 1.05. The van der Waals surface area contributed by atoms with Gasteiger partial charge in [0, 0.05) is 37.7 Å². The van der Waals surface area contributed by atoms with Gasteiger partial charge in [-0.3, -0.25) is 4.79 Å². The largest absolute Gasteiger partial charge is 0.333 e. The van der Waals surface area contributed by atoms with Crippen LogP contribution in [0.4, 0.5) is 0 Å². The van der Waals surface area contributed by atoms with Gasteiger partial charge in [0.15, 0.2) is 0 Å². The van der Waals surface area contributed by atoms with Gasteiger partial charge in [-0.25, -0.2) is 4.98 Å². The highest BCUT2D eigenvalue weighted by atomic mass is 16.1. The molecule has 0 aliphatic carbocycles. The number of hydrogen-bond donors (Lipinski definition) is 0. The summed E-state index contributed by atoms with van der Waals surface area (Å²) in [7, 11) is 0. The first kappa shape index (κ1) is 9.71. The minimum Gasteiger partial charge on any atom is -0.333 e. The Labute approximate surface area is 87.8 Å². The van der Waals surface area contributed by atoms with E-state index in [4.69, 9.17) is 0 Å². The van der Waals surface area contributed by atoms with Gasteiger partial charge in [-0.05, 0) is 13.0 Å². The van der Waals surface area contributed by atoms with Crippen LogP contribution >= 0.6 is 0 Å².